The van der Waals surface area contributed by atoms with E-state index >= 15 is 0 Å². The first-order valence-corrected chi connectivity index (χ1v) is 5.18. The summed E-state index contributed by atoms with van der Waals surface area (Å²) < 4.78 is 0. The van der Waals surface area contributed by atoms with E-state index in [0.29, 0.717) is 18.3 Å². The Labute approximate surface area is 80.3 Å². The lowest BCUT2D eigenvalue weighted by Crippen LogP contribution is -2.46. The first kappa shape index (κ1) is 10.7. The number of carbonyl (C=O) groups excluding carboxylic acids is 1. The molecule has 0 aliphatic heterocycles. The van der Waals surface area contributed by atoms with Crippen molar-refractivity contribution in [1.82, 2.24) is 0 Å². The van der Waals surface area contributed by atoms with E-state index in [-0.39, 0.29) is 5.92 Å². The van der Waals surface area contributed by atoms with Crippen molar-refractivity contribution in [3.63, 3.8) is 0 Å². The maximum absolute atomic E-state index is 10.9. The van der Waals surface area contributed by atoms with Crippen LogP contribution in [0.25, 0.3) is 0 Å². The van der Waals surface area contributed by atoms with Gasteiger partial charge in [-0.2, -0.15) is 0 Å². The summed E-state index contributed by atoms with van der Waals surface area (Å²) in [6, 6.07) is 0. The van der Waals surface area contributed by atoms with E-state index in [4.69, 9.17) is 0 Å². The normalized spacial score (nSPS) is 40.7. The summed E-state index contributed by atoms with van der Waals surface area (Å²) in [6.45, 7) is 6.26. The Morgan fingerprint density at radius 3 is 2.54 bits per heavy atom. The Morgan fingerprint density at radius 2 is 2.08 bits per heavy atom. The molecule has 0 spiro atoms. The molecule has 0 bridgehead atoms. The molecule has 1 fully saturated rings. The highest BCUT2D eigenvalue weighted by Crippen LogP contribution is 2.39. The lowest BCUT2D eigenvalue weighted by atomic mass is 9.68. The molecule has 1 aliphatic rings. The second-order valence-corrected chi connectivity index (χ2v) is 4.85. The minimum atomic E-state index is -1.05. The molecule has 2 nitrogen and oxygen atoms in total. The largest absolute Gasteiger partial charge is 0.382 e. The Bertz CT molecular complexity index is 189. The van der Waals surface area contributed by atoms with Crippen molar-refractivity contribution in [3.05, 3.63) is 0 Å². The molecule has 13 heavy (non-hydrogen) atoms. The molecule has 0 amide bonds. The van der Waals surface area contributed by atoms with Crippen LogP contribution in [0.1, 0.15) is 40.0 Å². The highest BCUT2D eigenvalue weighted by molar-refractivity contribution is 5.63. The van der Waals surface area contributed by atoms with Crippen molar-refractivity contribution in [2.24, 2.45) is 17.8 Å². The SMILES string of the molecule is CC(C)[C@@H]1CC[C@@H](C)C[C@@]1(O)C=O. The summed E-state index contributed by atoms with van der Waals surface area (Å²) in [5, 5.41) is 10.1. The number of aldehydes is 1. The molecule has 3 atom stereocenters. The van der Waals surface area contributed by atoms with Gasteiger partial charge in [0.05, 0.1) is 0 Å². The quantitative estimate of drug-likeness (QED) is 0.666. The van der Waals surface area contributed by atoms with E-state index in [0.717, 1.165) is 19.1 Å². The predicted molar refractivity (Wildman–Crippen MR) is 52.4 cm³/mol. The van der Waals surface area contributed by atoms with E-state index in [1.807, 2.05) is 0 Å². The Balaban J connectivity index is 2.78. The molecule has 0 radical (unpaired) electrons. The van der Waals surface area contributed by atoms with E-state index in [1.54, 1.807) is 0 Å². The molecule has 0 heterocycles. The number of carbonyl (C=O) groups is 1. The van der Waals surface area contributed by atoms with Crippen LogP contribution >= 0.6 is 0 Å². The fourth-order valence-electron chi connectivity index (χ4n) is 2.57. The first-order valence-electron chi connectivity index (χ1n) is 5.18. The summed E-state index contributed by atoms with van der Waals surface area (Å²) in [4.78, 5) is 10.9. The number of hydrogen-bond acceptors (Lipinski definition) is 2. The molecular formula is C11H20O2. The molecule has 0 aromatic carbocycles. The van der Waals surface area contributed by atoms with Crippen LogP contribution in [0.15, 0.2) is 0 Å². The smallest absolute Gasteiger partial charge is 0.151 e. The average molecular weight is 184 g/mol. The van der Waals surface area contributed by atoms with Crippen molar-refractivity contribution >= 4 is 6.29 Å². The van der Waals surface area contributed by atoms with Gasteiger partial charge in [-0.15, -0.1) is 0 Å². The summed E-state index contributed by atoms with van der Waals surface area (Å²) >= 11 is 0. The third kappa shape index (κ3) is 2.11. The zero-order chi connectivity index (χ0) is 10.1. The minimum Gasteiger partial charge on any atom is -0.382 e. The lowest BCUT2D eigenvalue weighted by molar-refractivity contribution is -0.139. The fraction of sp³-hybridized carbons (Fsp3) is 0.909. The highest BCUT2D eigenvalue weighted by Gasteiger charge is 2.42. The van der Waals surface area contributed by atoms with Gasteiger partial charge in [0.15, 0.2) is 6.29 Å². The maximum Gasteiger partial charge on any atom is 0.151 e. The molecule has 0 saturated heterocycles. The van der Waals surface area contributed by atoms with Crippen LogP contribution < -0.4 is 0 Å². The van der Waals surface area contributed by atoms with Gasteiger partial charge in [-0.25, -0.2) is 0 Å². The lowest BCUT2D eigenvalue weighted by Gasteiger charge is -2.40. The standard InChI is InChI=1S/C11H20O2/c1-8(2)10-5-4-9(3)6-11(10,13)7-12/h7-10,13H,4-6H2,1-3H3/t9-,10+,11-/m1/s1. The summed E-state index contributed by atoms with van der Waals surface area (Å²) in [6.07, 6.45) is 3.51. The van der Waals surface area contributed by atoms with Gasteiger partial charge in [0.25, 0.3) is 0 Å². The molecule has 76 valence electrons. The molecule has 0 aromatic heterocycles. The van der Waals surface area contributed by atoms with Crippen LogP contribution in [0.5, 0.6) is 0 Å². The molecule has 2 heteroatoms. The van der Waals surface area contributed by atoms with Gasteiger partial charge >= 0.3 is 0 Å². The molecule has 1 saturated carbocycles. The van der Waals surface area contributed by atoms with Crippen molar-refractivity contribution in [1.29, 1.82) is 0 Å². The van der Waals surface area contributed by atoms with Crippen molar-refractivity contribution in [2.75, 3.05) is 0 Å². The van der Waals surface area contributed by atoms with Gasteiger partial charge in [0.1, 0.15) is 5.60 Å². The number of aliphatic hydroxyl groups is 1. The van der Waals surface area contributed by atoms with Crippen molar-refractivity contribution in [2.45, 2.75) is 45.6 Å². The minimum absolute atomic E-state index is 0.154. The van der Waals surface area contributed by atoms with Crippen LogP contribution in [0.4, 0.5) is 0 Å². The second-order valence-electron chi connectivity index (χ2n) is 4.85. The van der Waals surface area contributed by atoms with Gasteiger partial charge in [0, 0.05) is 0 Å². The zero-order valence-electron chi connectivity index (χ0n) is 8.79. The van der Waals surface area contributed by atoms with Gasteiger partial charge in [-0.3, -0.25) is 0 Å². The molecule has 0 unspecified atom stereocenters. The van der Waals surface area contributed by atoms with Crippen molar-refractivity contribution < 1.29 is 9.90 Å². The summed E-state index contributed by atoms with van der Waals surface area (Å²) in [7, 11) is 0. The molecule has 1 N–H and O–H groups in total. The average Bonchev–Trinajstić information content (AvgIpc) is 2.03. The molecule has 0 aromatic rings. The Hall–Kier alpha value is -0.370. The molecular weight excluding hydrogens is 164 g/mol. The zero-order valence-corrected chi connectivity index (χ0v) is 8.79. The van der Waals surface area contributed by atoms with E-state index < -0.39 is 5.60 Å². The number of hydrogen-bond donors (Lipinski definition) is 1. The van der Waals surface area contributed by atoms with E-state index in [9.17, 15) is 9.90 Å². The van der Waals surface area contributed by atoms with Crippen molar-refractivity contribution in [3.8, 4) is 0 Å². The van der Waals surface area contributed by atoms with Crippen LogP contribution in [0, 0.1) is 17.8 Å². The van der Waals surface area contributed by atoms with Crippen LogP contribution in [0.2, 0.25) is 0 Å². The van der Waals surface area contributed by atoms with Crippen LogP contribution in [0.3, 0.4) is 0 Å². The third-order valence-electron chi connectivity index (χ3n) is 3.30. The molecule has 1 aliphatic carbocycles. The Kier molecular flexibility index (Phi) is 3.12. The highest BCUT2D eigenvalue weighted by atomic mass is 16.3. The van der Waals surface area contributed by atoms with Crippen LogP contribution in [-0.2, 0) is 4.79 Å². The number of rotatable bonds is 2. The predicted octanol–water partition coefficient (Wildman–Crippen LogP) is 2.01. The second kappa shape index (κ2) is 3.79. The third-order valence-corrected chi connectivity index (χ3v) is 3.30. The Morgan fingerprint density at radius 1 is 1.46 bits per heavy atom. The van der Waals surface area contributed by atoms with E-state index in [1.165, 1.54) is 0 Å². The first-order chi connectivity index (χ1) is 5.99. The summed E-state index contributed by atoms with van der Waals surface area (Å²) in [5.74, 6) is 1.02. The van der Waals surface area contributed by atoms with Gasteiger partial charge in [0.2, 0.25) is 0 Å². The van der Waals surface area contributed by atoms with Gasteiger partial charge < -0.3 is 9.90 Å². The van der Waals surface area contributed by atoms with Gasteiger partial charge in [-0.05, 0) is 30.6 Å². The fourth-order valence-corrected chi connectivity index (χ4v) is 2.57. The van der Waals surface area contributed by atoms with Crippen LogP contribution in [-0.4, -0.2) is 17.0 Å². The topological polar surface area (TPSA) is 37.3 Å². The monoisotopic (exact) mass is 184 g/mol. The van der Waals surface area contributed by atoms with E-state index in [2.05, 4.69) is 20.8 Å². The maximum atomic E-state index is 10.9. The van der Waals surface area contributed by atoms with Gasteiger partial charge in [-0.1, -0.05) is 27.2 Å². The summed E-state index contributed by atoms with van der Waals surface area (Å²) in [5.41, 5.74) is -1.05. The molecule has 1 rings (SSSR count).